The molecule has 2 heterocycles. The topological polar surface area (TPSA) is 111 Å². The third kappa shape index (κ3) is 5.49. The van der Waals surface area contributed by atoms with E-state index in [1.54, 1.807) is 60.7 Å². The lowest BCUT2D eigenvalue weighted by Gasteiger charge is -2.11. The van der Waals surface area contributed by atoms with Crippen molar-refractivity contribution in [2.24, 2.45) is 4.99 Å². The molecule has 10 heteroatoms. The Morgan fingerprint density at radius 1 is 0.897 bits per heavy atom. The highest BCUT2D eigenvalue weighted by Crippen LogP contribution is 2.35. The minimum absolute atomic E-state index is 0.101. The maximum absolute atomic E-state index is 12.7. The summed E-state index contributed by atoms with van der Waals surface area (Å²) >= 11 is 0. The van der Waals surface area contributed by atoms with Gasteiger partial charge < -0.3 is 33.2 Å². The molecule has 2 aliphatic heterocycles. The molecule has 0 unspecified atom stereocenters. The van der Waals surface area contributed by atoms with Crippen LogP contribution >= 0.6 is 0 Å². The molecule has 0 spiro atoms. The third-order valence-corrected chi connectivity index (χ3v) is 5.71. The first-order chi connectivity index (χ1) is 19.0. The van der Waals surface area contributed by atoms with E-state index in [1.807, 2.05) is 13.8 Å². The van der Waals surface area contributed by atoms with Crippen molar-refractivity contribution in [2.45, 2.75) is 13.8 Å². The number of fused-ring (bicyclic) bond motifs is 1. The molecule has 0 saturated heterocycles. The summed E-state index contributed by atoms with van der Waals surface area (Å²) in [5.41, 5.74) is 1.56. The molecule has 5 rings (SSSR count). The average molecular weight is 532 g/mol. The fourth-order valence-electron chi connectivity index (χ4n) is 3.92. The number of carbonyl (C=O) groups excluding carboxylic acids is 2. The van der Waals surface area contributed by atoms with Crippen LogP contribution in [0.5, 0.6) is 34.5 Å². The third-order valence-electron chi connectivity index (χ3n) is 5.71. The first kappa shape index (κ1) is 25.7. The molecule has 0 amide bonds. The SMILES string of the molecule is CCOc1ccc(C2=N/C(=C\c3ccc(OC(=O)c4ccc5c(c4)OCO5)c(OC)c3)C(=O)O2)cc1OCC. The van der Waals surface area contributed by atoms with Gasteiger partial charge in [0.25, 0.3) is 0 Å². The van der Waals surface area contributed by atoms with Crippen molar-refractivity contribution in [3.05, 3.63) is 77.0 Å². The quantitative estimate of drug-likeness (QED) is 0.219. The summed E-state index contributed by atoms with van der Waals surface area (Å²) < 4.78 is 38.2. The Morgan fingerprint density at radius 3 is 2.46 bits per heavy atom. The summed E-state index contributed by atoms with van der Waals surface area (Å²) in [5, 5.41) is 0. The standard InChI is InChI=1S/C29H25NO9/c1-4-34-21-10-7-18(14-25(21)35-5-2)27-30-20(29(32)39-27)12-17-6-9-23(24(13-17)33-3)38-28(31)19-8-11-22-26(15-19)37-16-36-22/h6-15H,4-5,16H2,1-3H3/b20-12-. The van der Waals surface area contributed by atoms with Crippen LogP contribution in [0.2, 0.25) is 0 Å². The average Bonchev–Trinajstić information content (AvgIpc) is 3.56. The van der Waals surface area contributed by atoms with Crippen LogP contribution in [0.4, 0.5) is 0 Å². The van der Waals surface area contributed by atoms with Gasteiger partial charge in [-0.1, -0.05) is 6.07 Å². The number of ether oxygens (including phenoxy) is 7. The molecule has 3 aromatic rings. The highest BCUT2D eigenvalue weighted by Gasteiger charge is 2.25. The highest BCUT2D eigenvalue weighted by molar-refractivity contribution is 6.13. The number of rotatable bonds is 9. The number of nitrogens with zero attached hydrogens (tertiary/aromatic N) is 1. The number of aliphatic imine (C=N–C) groups is 1. The summed E-state index contributed by atoms with van der Waals surface area (Å²) in [4.78, 5) is 29.6. The van der Waals surface area contributed by atoms with Gasteiger partial charge in [-0.2, -0.15) is 0 Å². The number of esters is 2. The second kappa shape index (κ2) is 11.2. The van der Waals surface area contributed by atoms with Crippen LogP contribution in [-0.4, -0.2) is 45.0 Å². The smallest absolute Gasteiger partial charge is 0.363 e. The number of hydrogen-bond acceptors (Lipinski definition) is 10. The molecule has 3 aromatic carbocycles. The maximum atomic E-state index is 12.7. The summed E-state index contributed by atoms with van der Waals surface area (Å²) in [7, 11) is 1.45. The molecule has 10 nitrogen and oxygen atoms in total. The molecule has 0 radical (unpaired) electrons. The molecule has 200 valence electrons. The monoisotopic (exact) mass is 531 g/mol. The van der Waals surface area contributed by atoms with E-state index in [4.69, 9.17) is 33.2 Å². The first-order valence-corrected chi connectivity index (χ1v) is 12.2. The zero-order valence-electron chi connectivity index (χ0n) is 21.5. The number of benzene rings is 3. The van der Waals surface area contributed by atoms with Crippen LogP contribution in [0.3, 0.4) is 0 Å². The normalized spacial score (nSPS) is 14.6. The van der Waals surface area contributed by atoms with E-state index in [-0.39, 0.29) is 24.1 Å². The summed E-state index contributed by atoms with van der Waals surface area (Å²) in [6.45, 7) is 4.79. The van der Waals surface area contributed by atoms with Gasteiger partial charge in [-0.15, -0.1) is 0 Å². The van der Waals surface area contributed by atoms with Crippen LogP contribution in [-0.2, 0) is 9.53 Å². The lowest BCUT2D eigenvalue weighted by Crippen LogP contribution is -2.09. The van der Waals surface area contributed by atoms with Gasteiger partial charge in [-0.25, -0.2) is 14.6 Å². The van der Waals surface area contributed by atoms with Crippen molar-refractivity contribution >= 4 is 23.9 Å². The Balaban J connectivity index is 1.35. The number of methoxy groups -OCH3 is 1. The predicted molar refractivity (Wildman–Crippen MR) is 140 cm³/mol. The minimum Gasteiger partial charge on any atom is -0.493 e. The van der Waals surface area contributed by atoms with E-state index < -0.39 is 11.9 Å². The van der Waals surface area contributed by atoms with Crippen molar-refractivity contribution in [3.8, 4) is 34.5 Å². The highest BCUT2D eigenvalue weighted by atomic mass is 16.7. The van der Waals surface area contributed by atoms with Gasteiger partial charge in [-0.05, 0) is 74.0 Å². The Morgan fingerprint density at radius 2 is 1.67 bits per heavy atom. The summed E-state index contributed by atoms with van der Waals surface area (Å²) in [5.74, 6) is 1.62. The minimum atomic E-state index is -0.603. The molecule has 0 N–H and O–H groups in total. The Hall–Kier alpha value is -4.99. The first-order valence-electron chi connectivity index (χ1n) is 12.2. The lowest BCUT2D eigenvalue weighted by molar-refractivity contribution is -0.129. The number of hydrogen-bond donors (Lipinski definition) is 0. The van der Waals surface area contributed by atoms with Gasteiger partial charge in [0.05, 0.1) is 25.9 Å². The second-order valence-electron chi connectivity index (χ2n) is 8.23. The van der Waals surface area contributed by atoms with Gasteiger partial charge in [-0.3, -0.25) is 0 Å². The fraction of sp³-hybridized carbons (Fsp3) is 0.207. The lowest BCUT2D eigenvalue weighted by atomic mass is 10.1. The van der Waals surface area contributed by atoms with Crippen molar-refractivity contribution in [1.29, 1.82) is 0 Å². The molecule has 0 saturated carbocycles. The van der Waals surface area contributed by atoms with Crippen LogP contribution < -0.4 is 28.4 Å². The van der Waals surface area contributed by atoms with Crippen LogP contribution in [0, 0.1) is 0 Å². The number of carbonyl (C=O) groups is 2. The van der Waals surface area contributed by atoms with E-state index in [0.29, 0.717) is 58.7 Å². The molecule has 0 bridgehead atoms. The van der Waals surface area contributed by atoms with E-state index in [0.717, 1.165) is 0 Å². The zero-order valence-corrected chi connectivity index (χ0v) is 21.5. The van der Waals surface area contributed by atoms with Gasteiger partial charge in [0, 0.05) is 5.56 Å². The van der Waals surface area contributed by atoms with E-state index in [9.17, 15) is 9.59 Å². The van der Waals surface area contributed by atoms with E-state index >= 15 is 0 Å². The Kier molecular flexibility index (Phi) is 7.35. The summed E-state index contributed by atoms with van der Waals surface area (Å²) in [6, 6.07) is 14.9. The number of cyclic esters (lactones) is 1. The molecule has 0 fully saturated rings. The van der Waals surface area contributed by atoms with Gasteiger partial charge >= 0.3 is 11.9 Å². The molecule has 0 aromatic heterocycles. The van der Waals surface area contributed by atoms with E-state index in [1.165, 1.54) is 7.11 Å². The second-order valence-corrected chi connectivity index (χ2v) is 8.23. The molecule has 0 atom stereocenters. The van der Waals surface area contributed by atoms with E-state index in [2.05, 4.69) is 4.99 Å². The van der Waals surface area contributed by atoms with Crippen LogP contribution in [0.15, 0.2) is 65.3 Å². The molecule has 0 aliphatic carbocycles. The summed E-state index contributed by atoms with van der Waals surface area (Å²) in [6.07, 6.45) is 1.55. The van der Waals surface area contributed by atoms with Crippen molar-refractivity contribution in [3.63, 3.8) is 0 Å². The van der Waals surface area contributed by atoms with Crippen molar-refractivity contribution in [1.82, 2.24) is 0 Å². The van der Waals surface area contributed by atoms with Crippen LogP contribution in [0.25, 0.3) is 6.08 Å². The van der Waals surface area contributed by atoms with Gasteiger partial charge in [0.1, 0.15) is 0 Å². The van der Waals surface area contributed by atoms with Gasteiger partial charge in [0.2, 0.25) is 12.7 Å². The van der Waals surface area contributed by atoms with Crippen molar-refractivity contribution < 1.29 is 42.7 Å². The predicted octanol–water partition coefficient (Wildman–Crippen LogP) is 4.79. The molecular weight excluding hydrogens is 506 g/mol. The largest absolute Gasteiger partial charge is 0.493 e. The fourth-order valence-corrected chi connectivity index (χ4v) is 3.92. The Bertz CT molecular complexity index is 1490. The maximum Gasteiger partial charge on any atom is 0.363 e. The zero-order chi connectivity index (χ0) is 27.4. The van der Waals surface area contributed by atoms with Crippen molar-refractivity contribution in [2.75, 3.05) is 27.1 Å². The van der Waals surface area contributed by atoms with Gasteiger partial charge in [0.15, 0.2) is 40.2 Å². The molecule has 2 aliphatic rings. The Labute approximate surface area is 224 Å². The molecule has 39 heavy (non-hydrogen) atoms. The molecular formula is C29H25NO9. The van der Waals surface area contributed by atoms with Crippen LogP contribution in [0.1, 0.15) is 35.3 Å².